The first-order valence-electron chi connectivity index (χ1n) is 8.19. The molecule has 0 bridgehead atoms. The molecule has 3 rings (SSSR count). The molecule has 1 heterocycles. The van der Waals surface area contributed by atoms with Gasteiger partial charge in [-0.25, -0.2) is 4.79 Å². The van der Waals surface area contributed by atoms with E-state index in [0.717, 1.165) is 42.4 Å². The molecule has 1 aromatic rings. The van der Waals surface area contributed by atoms with Gasteiger partial charge >= 0.3 is 6.03 Å². The predicted molar refractivity (Wildman–Crippen MR) is 93.3 cm³/mol. The summed E-state index contributed by atoms with van der Waals surface area (Å²) in [5.74, 6) is 0. The van der Waals surface area contributed by atoms with Gasteiger partial charge in [0.05, 0.1) is 0 Å². The molecule has 5 heteroatoms. The topological polar surface area (TPSA) is 35.6 Å². The Kier molecular flexibility index (Phi) is 5.03. The molecule has 1 N–H and O–H groups in total. The van der Waals surface area contributed by atoms with Gasteiger partial charge in [0, 0.05) is 42.4 Å². The third-order valence-corrected chi connectivity index (χ3v) is 5.72. The van der Waals surface area contributed by atoms with Crippen molar-refractivity contribution in [2.75, 3.05) is 31.5 Å². The number of hydrogen-bond donors (Lipinski definition) is 1. The molecule has 4 nitrogen and oxygen atoms in total. The zero-order valence-electron chi connectivity index (χ0n) is 13.1. The van der Waals surface area contributed by atoms with E-state index in [1.54, 1.807) is 0 Å². The smallest absolute Gasteiger partial charge is 0.321 e. The second-order valence-corrected chi connectivity index (χ2v) is 7.21. The van der Waals surface area contributed by atoms with Crippen molar-refractivity contribution in [1.82, 2.24) is 9.80 Å². The maximum atomic E-state index is 12.4. The van der Waals surface area contributed by atoms with Gasteiger partial charge in [-0.2, -0.15) is 0 Å². The van der Waals surface area contributed by atoms with Crippen LogP contribution in [0.5, 0.6) is 0 Å². The fourth-order valence-corrected chi connectivity index (χ4v) is 3.81. The highest BCUT2D eigenvalue weighted by Crippen LogP contribution is 2.25. The fraction of sp³-hybridized carbons (Fsp3) is 0.588. The van der Waals surface area contributed by atoms with Crippen molar-refractivity contribution in [3.63, 3.8) is 0 Å². The van der Waals surface area contributed by atoms with Gasteiger partial charge in [0.1, 0.15) is 0 Å². The molecule has 2 aliphatic rings. The average molecular weight is 366 g/mol. The van der Waals surface area contributed by atoms with Gasteiger partial charge in [0.15, 0.2) is 0 Å². The highest BCUT2D eigenvalue weighted by molar-refractivity contribution is 9.10. The molecule has 120 valence electrons. The minimum atomic E-state index is 0.0156. The zero-order chi connectivity index (χ0) is 15.5. The minimum absolute atomic E-state index is 0.0156. The molecule has 1 saturated heterocycles. The van der Waals surface area contributed by atoms with Crippen molar-refractivity contribution in [1.29, 1.82) is 0 Å². The Hall–Kier alpha value is -1.07. The second kappa shape index (κ2) is 7.01. The molecular formula is C17H24BrN3O. The summed E-state index contributed by atoms with van der Waals surface area (Å²) in [5, 5.41) is 3.00. The highest BCUT2D eigenvalue weighted by Gasteiger charge is 2.27. The molecule has 1 aliphatic heterocycles. The number of rotatable bonds is 2. The molecule has 0 radical (unpaired) electrons. The number of aryl methyl sites for hydroxylation is 1. The van der Waals surface area contributed by atoms with Crippen molar-refractivity contribution in [2.45, 2.75) is 38.6 Å². The van der Waals surface area contributed by atoms with Crippen molar-refractivity contribution in [2.24, 2.45) is 0 Å². The quantitative estimate of drug-likeness (QED) is 0.863. The molecule has 0 unspecified atom stereocenters. The fourth-order valence-electron chi connectivity index (χ4n) is 3.43. The summed E-state index contributed by atoms with van der Waals surface area (Å²) in [4.78, 5) is 16.9. The first-order valence-corrected chi connectivity index (χ1v) is 8.99. The molecule has 0 atom stereocenters. The van der Waals surface area contributed by atoms with Gasteiger partial charge in [-0.15, -0.1) is 0 Å². The molecule has 22 heavy (non-hydrogen) atoms. The van der Waals surface area contributed by atoms with E-state index in [-0.39, 0.29) is 6.03 Å². The maximum Gasteiger partial charge on any atom is 0.321 e. The number of hydrogen-bond acceptors (Lipinski definition) is 2. The summed E-state index contributed by atoms with van der Waals surface area (Å²) in [6.45, 7) is 5.72. The number of carbonyl (C=O) groups is 1. The summed E-state index contributed by atoms with van der Waals surface area (Å²) in [7, 11) is 0. The van der Waals surface area contributed by atoms with Crippen LogP contribution in [0.3, 0.4) is 0 Å². The van der Waals surface area contributed by atoms with Crippen LogP contribution < -0.4 is 5.32 Å². The van der Waals surface area contributed by atoms with Gasteiger partial charge in [-0.1, -0.05) is 34.8 Å². The molecular weight excluding hydrogens is 342 g/mol. The van der Waals surface area contributed by atoms with Gasteiger partial charge in [-0.05, 0) is 37.5 Å². The number of piperazine rings is 1. The Morgan fingerprint density at radius 1 is 1.18 bits per heavy atom. The Labute approximate surface area is 141 Å². The Balaban J connectivity index is 1.52. The SMILES string of the molecule is Cc1ccc(NC(=O)N2CCN(C3CCCC3)CC2)cc1Br. The first-order chi connectivity index (χ1) is 10.6. The number of halogens is 1. The third kappa shape index (κ3) is 3.63. The number of carbonyl (C=O) groups excluding carboxylic acids is 1. The largest absolute Gasteiger partial charge is 0.322 e. The first kappa shape index (κ1) is 15.8. The number of nitrogens with one attached hydrogen (secondary N) is 1. The van der Waals surface area contributed by atoms with E-state index in [1.165, 1.54) is 31.2 Å². The number of benzene rings is 1. The third-order valence-electron chi connectivity index (χ3n) is 4.87. The Morgan fingerprint density at radius 3 is 2.50 bits per heavy atom. The molecule has 1 aromatic carbocycles. The van der Waals surface area contributed by atoms with Crippen LogP contribution in [0.25, 0.3) is 0 Å². The van der Waals surface area contributed by atoms with E-state index < -0.39 is 0 Å². The average Bonchev–Trinajstić information content (AvgIpc) is 3.05. The van der Waals surface area contributed by atoms with Gasteiger partial charge in [0.2, 0.25) is 0 Å². The van der Waals surface area contributed by atoms with Crippen LogP contribution in [-0.4, -0.2) is 48.1 Å². The number of nitrogens with zero attached hydrogens (tertiary/aromatic N) is 2. The van der Waals surface area contributed by atoms with Crippen LogP contribution in [0, 0.1) is 6.92 Å². The van der Waals surface area contributed by atoms with Crippen LogP contribution >= 0.6 is 15.9 Å². The second-order valence-electron chi connectivity index (χ2n) is 6.36. The molecule has 1 aliphatic carbocycles. The van der Waals surface area contributed by atoms with Crippen molar-refractivity contribution in [3.05, 3.63) is 28.2 Å². The Bertz CT molecular complexity index is 535. The summed E-state index contributed by atoms with van der Waals surface area (Å²) >= 11 is 3.51. The summed E-state index contributed by atoms with van der Waals surface area (Å²) in [5.41, 5.74) is 2.02. The molecule has 0 aromatic heterocycles. The lowest BCUT2D eigenvalue weighted by molar-refractivity contribution is 0.115. The van der Waals surface area contributed by atoms with E-state index in [0.29, 0.717) is 0 Å². The normalized spacial score (nSPS) is 20.4. The molecule has 2 fully saturated rings. The molecule has 1 saturated carbocycles. The van der Waals surface area contributed by atoms with Crippen LogP contribution in [0.2, 0.25) is 0 Å². The number of amides is 2. The van der Waals surface area contributed by atoms with E-state index in [1.807, 2.05) is 30.0 Å². The zero-order valence-corrected chi connectivity index (χ0v) is 14.7. The summed E-state index contributed by atoms with van der Waals surface area (Å²) in [6, 6.07) is 6.70. The number of urea groups is 1. The van der Waals surface area contributed by atoms with Gasteiger partial charge < -0.3 is 10.2 Å². The summed E-state index contributed by atoms with van der Waals surface area (Å²) in [6.07, 6.45) is 5.41. The van der Waals surface area contributed by atoms with E-state index in [9.17, 15) is 4.79 Å². The lowest BCUT2D eigenvalue weighted by atomic mass is 10.2. The van der Waals surface area contributed by atoms with Crippen LogP contribution in [0.15, 0.2) is 22.7 Å². The van der Waals surface area contributed by atoms with Gasteiger partial charge in [0.25, 0.3) is 0 Å². The lowest BCUT2D eigenvalue weighted by Crippen LogP contribution is -2.52. The van der Waals surface area contributed by atoms with E-state index in [2.05, 4.69) is 26.1 Å². The Morgan fingerprint density at radius 2 is 1.86 bits per heavy atom. The van der Waals surface area contributed by atoms with E-state index in [4.69, 9.17) is 0 Å². The van der Waals surface area contributed by atoms with Crippen LogP contribution in [0.1, 0.15) is 31.2 Å². The molecule has 0 spiro atoms. The van der Waals surface area contributed by atoms with Crippen molar-refractivity contribution < 1.29 is 4.79 Å². The maximum absolute atomic E-state index is 12.4. The predicted octanol–water partition coefficient (Wildman–Crippen LogP) is 3.85. The van der Waals surface area contributed by atoms with Gasteiger partial charge in [-0.3, -0.25) is 4.90 Å². The van der Waals surface area contributed by atoms with Crippen LogP contribution in [0.4, 0.5) is 10.5 Å². The minimum Gasteiger partial charge on any atom is -0.322 e. The highest BCUT2D eigenvalue weighted by atomic mass is 79.9. The monoisotopic (exact) mass is 365 g/mol. The standard InChI is InChI=1S/C17H24BrN3O/c1-13-6-7-14(12-16(13)18)19-17(22)21-10-8-20(9-11-21)15-4-2-3-5-15/h6-7,12,15H,2-5,8-11H2,1H3,(H,19,22). The molecule has 2 amide bonds. The van der Waals surface area contributed by atoms with E-state index >= 15 is 0 Å². The number of anilines is 1. The van der Waals surface area contributed by atoms with Crippen molar-refractivity contribution >= 4 is 27.6 Å². The van der Waals surface area contributed by atoms with Crippen LogP contribution in [-0.2, 0) is 0 Å². The lowest BCUT2D eigenvalue weighted by Gasteiger charge is -2.38. The van der Waals surface area contributed by atoms with Crippen molar-refractivity contribution in [3.8, 4) is 0 Å². The summed E-state index contributed by atoms with van der Waals surface area (Å²) < 4.78 is 1.02.